The first-order chi connectivity index (χ1) is 8.71. The highest BCUT2D eigenvalue weighted by molar-refractivity contribution is 14.0. The number of benzene rings is 1. The molecule has 3 N–H and O–H groups in total. The average molecular weight is 379 g/mol. The summed E-state index contributed by atoms with van der Waals surface area (Å²) in [6.07, 6.45) is 1.03. The molecule has 0 fully saturated rings. The van der Waals surface area contributed by atoms with E-state index in [1.807, 2.05) is 0 Å². The third-order valence-electron chi connectivity index (χ3n) is 2.50. The molecule has 0 aliphatic heterocycles. The van der Waals surface area contributed by atoms with Crippen molar-refractivity contribution in [3.8, 4) is 11.5 Å². The Kier molecular flexibility index (Phi) is 9.11. The lowest BCUT2D eigenvalue weighted by atomic mass is 10.2. The molecule has 5 nitrogen and oxygen atoms in total. The highest BCUT2D eigenvalue weighted by atomic mass is 127. The van der Waals surface area contributed by atoms with Crippen LogP contribution in [0, 0.1) is 0 Å². The Hall–Kier alpha value is -1.18. The molecule has 0 aliphatic carbocycles. The summed E-state index contributed by atoms with van der Waals surface area (Å²) in [7, 11) is 3.32. The van der Waals surface area contributed by atoms with Gasteiger partial charge in [0, 0.05) is 25.7 Å². The summed E-state index contributed by atoms with van der Waals surface area (Å²) >= 11 is 0. The molecule has 1 rings (SSSR count). The fraction of sp³-hybridized carbons (Fsp3) is 0.462. The Morgan fingerprint density at radius 3 is 2.68 bits per heavy atom. The van der Waals surface area contributed by atoms with Crippen LogP contribution in [0.1, 0.15) is 18.9 Å². The molecule has 0 heterocycles. The molecule has 1 aromatic carbocycles. The Morgan fingerprint density at radius 2 is 2.11 bits per heavy atom. The molecule has 19 heavy (non-hydrogen) atoms. The van der Waals surface area contributed by atoms with Crippen molar-refractivity contribution in [2.24, 2.45) is 4.99 Å². The van der Waals surface area contributed by atoms with Crippen molar-refractivity contribution in [3.05, 3.63) is 23.8 Å². The number of aliphatic imine (C=N–C) groups is 1. The summed E-state index contributed by atoms with van der Waals surface area (Å²) in [5.74, 6) is 1.69. The number of ether oxygens (including phenoxy) is 1. The van der Waals surface area contributed by atoms with Gasteiger partial charge in [-0.25, -0.2) is 0 Å². The normalized spacial score (nSPS) is 10.6. The molecule has 0 amide bonds. The number of methoxy groups -OCH3 is 1. The summed E-state index contributed by atoms with van der Waals surface area (Å²) < 4.78 is 5.12. The maximum absolute atomic E-state index is 9.74. The second-order valence-electron chi connectivity index (χ2n) is 3.85. The molecule has 0 spiro atoms. The van der Waals surface area contributed by atoms with Gasteiger partial charge in [-0.15, -0.1) is 24.0 Å². The van der Waals surface area contributed by atoms with Crippen molar-refractivity contribution in [2.45, 2.75) is 19.9 Å². The molecule has 0 saturated carbocycles. The number of guanidine groups is 1. The minimum absolute atomic E-state index is 0. The Balaban J connectivity index is 0.00000324. The number of hydrogen-bond acceptors (Lipinski definition) is 3. The number of nitrogens with zero attached hydrogens (tertiary/aromatic N) is 1. The number of hydrogen-bond donors (Lipinski definition) is 3. The van der Waals surface area contributed by atoms with Crippen molar-refractivity contribution < 1.29 is 9.84 Å². The SMILES string of the molecule is CCCNC(=NC)NCc1cc(OC)ccc1O.I. The van der Waals surface area contributed by atoms with E-state index >= 15 is 0 Å². The topological polar surface area (TPSA) is 65.9 Å². The van der Waals surface area contributed by atoms with E-state index in [0.717, 1.165) is 30.2 Å². The monoisotopic (exact) mass is 379 g/mol. The zero-order valence-corrected chi connectivity index (χ0v) is 13.9. The van der Waals surface area contributed by atoms with Gasteiger partial charge < -0.3 is 20.5 Å². The van der Waals surface area contributed by atoms with Crippen molar-refractivity contribution in [3.63, 3.8) is 0 Å². The van der Waals surface area contributed by atoms with Gasteiger partial charge in [0.25, 0.3) is 0 Å². The molecule has 6 heteroatoms. The van der Waals surface area contributed by atoms with Gasteiger partial charge in [-0.05, 0) is 24.6 Å². The van der Waals surface area contributed by atoms with Gasteiger partial charge in [-0.1, -0.05) is 6.92 Å². The second kappa shape index (κ2) is 9.71. The molecule has 0 aromatic heterocycles. The summed E-state index contributed by atoms with van der Waals surface area (Å²) in [5, 5.41) is 16.0. The van der Waals surface area contributed by atoms with E-state index in [-0.39, 0.29) is 29.7 Å². The van der Waals surface area contributed by atoms with E-state index in [1.54, 1.807) is 32.4 Å². The van der Waals surface area contributed by atoms with Gasteiger partial charge in [0.15, 0.2) is 5.96 Å². The van der Waals surface area contributed by atoms with Crippen molar-refractivity contribution >= 4 is 29.9 Å². The van der Waals surface area contributed by atoms with Gasteiger partial charge in [0.1, 0.15) is 11.5 Å². The number of halogens is 1. The van der Waals surface area contributed by atoms with Crippen LogP contribution < -0.4 is 15.4 Å². The van der Waals surface area contributed by atoms with E-state index in [1.165, 1.54) is 0 Å². The summed E-state index contributed by atoms with van der Waals surface area (Å²) in [6.45, 7) is 3.45. The number of phenolic OH excluding ortho intramolecular Hbond substituents is 1. The Morgan fingerprint density at radius 1 is 1.37 bits per heavy atom. The van der Waals surface area contributed by atoms with Crippen LogP contribution >= 0.6 is 24.0 Å². The van der Waals surface area contributed by atoms with Crippen LogP contribution in [0.3, 0.4) is 0 Å². The molecule has 0 aliphatic rings. The van der Waals surface area contributed by atoms with Crippen molar-refractivity contribution in [1.29, 1.82) is 0 Å². The largest absolute Gasteiger partial charge is 0.508 e. The van der Waals surface area contributed by atoms with E-state index in [9.17, 15) is 5.11 Å². The Labute approximate surface area is 131 Å². The number of rotatable bonds is 5. The number of aromatic hydroxyl groups is 1. The number of nitrogens with one attached hydrogen (secondary N) is 2. The fourth-order valence-corrected chi connectivity index (χ4v) is 1.47. The lowest BCUT2D eigenvalue weighted by Gasteiger charge is -2.12. The first-order valence-electron chi connectivity index (χ1n) is 6.01. The molecular weight excluding hydrogens is 357 g/mol. The third-order valence-corrected chi connectivity index (χ3v) is 2.50. The highest BCUT2D eigenvalue weighted by Gasteiger charge is 2.04. The van der Waals surface area contributed by atoms with E-state index in [2.05, 4.69) is 22.5 Å². The average Bonchev–Trinajstić information content (AvgIpc) is 2.40. The molecule has 0 bridgehead atoms. The van der Waals surface area contributed by atoms with E-state index in [4.69, 9.17) is 4.74 Å². The van der Waals surface area contributed by atoms with E-state index in [0.29, 0.717) is 6.54 Å². The van der Waals surface area contributed by atoms with Gasteiger partial charge in [0.2, 0.25) is 0 Å². The lowest BCUT2D eigenvalue weighted by Crippen LogP contribution is -2.37. The van der Waals surface area contributed by atoms with Gasteiger partial charge in [0.05, 0.1) is 7.11 Å². The molecule has 0 atom stereocenters. The van der Waals surface area contributed by atoms with Crippen LogP contribution in [0.15, 0.2) is 23.2 Å². The minimum atomic E-state index is 0. The smallest absolute Gasteiger partial charge is 0.191 e. The molecular formula is C13H22IN3O2. The third kappa shape index (κ3) is 6.00. The molecule has 0 saturated heterocycles. The lowest BCUT2D eigenvalue weighted by molar-refractivity contribution is 0.410. The molecule has 1 aromatic rings. The zero-order valence-electron chi connectivity index (χ0n) is 11.6. The van der Waals surface area contributed by atoms with E-state index < -0.39 is 0 Å². The maximum Gasteiger partial charge on any atom is 0.191 e. The molecule has 108 valence electrons. The predicted molar refractivity (Wildman–Crippen MR) is 88.6 cm³/mol. The highest BCUT2D eigenvalue weighted by Crippen LogP contribution is 2.22. The van der Waals surface area contributed by atoms with Gasteiger partial charge in [-0.2, -0.15) is 0 Å². The van der Waals surface area contributed by atoms with Crippen molar-refractivity contribution in [1.82, 2.24) is 10.6 Å². The minimum Gasteiger partial charge on any atom is -0.508 e. The first kappa shape index (κ1) is 17.8. The van der Waals surface area contributed by atoms with Crippen LogP contribution in [-0.4, -0.2) is 31.8 Å². The van der Waals surface area contributed by atoms with Gasteiger partial charge >= 0.3 is 0 Å². The molecule has 0 radical (unpaired) electrons. The molecule has 0 unspecified atom stereocenters. The summed E-state index contributed by atoms with van der Waals surface area (Å²) in [6, 6.07) is 5.15. The van der Waals surface area contributed by atoms with Crippen LogP contribution in [-0.2, 0) is 6.54 Å². The van der Waals surface area contributed by atoms with Gasteiger partial charge in [-0.3, -0.25) is 4.99 Å². The summed E-state index contributed by atoms with van der Waals surface area (Å²) in [4.78, 5) is 4.09. The van der Waals surface area contributed by atoms with Crippen LogP contribution in [0.2, 0.25) is 0 Å². The quantitative estimate of drug-likeness (QED) is 0.417. The fourth-order valence-electron chi connectivity index (χ4n) is 1.47. The number of phenols is 1. The zero-order chi connectivity index (χ0) is 13.4. The maximum atomic E-state index is 9.74. The Bertz CT molecular complexity index is 411. The second-order valence-corrected chi connectivity index (χ2v) is 3.85. The van der Waals surface area contributed by atoms with Crippen LogP contribution in [0.25, 0.3) is 0 Å². The first-order valence-corrected chi connectivity index (χ1v) is 6.01. The predicted octanol–water partition coefficient (Wildman–Crippen LogP) is 2.09. The summed E-state index contributed by atoms with van der Waals surface area (Å²) in [5.41, 5.74) is 0.772. The van der Waals surface area contributed by atoms with Crippen LogP contribution in [0.4, 0.5) is 0 Å². The standard InChI is InChI=1S/C13H21N3O2.HI/c1-4-7-15-13(14-2)16-9-10-8-11(18-3)5-6-12(10)17;/h5-6,8,17H,4,7,9H2,1-3H3,(H2,14,15,16);1H. The van der Waals surface area contributed by atoms with Crippen LogP contribution in [0.5, 0.6) is 11.5 Å². The van der Waals surface area contributed by atoms with Crippen molar-refractivity contribution in [2.75, 3.05) is 20.7 Å².